The fraction of sp³-hybridized carbons (Fsp3) is 0.833. The van der Waals surface area contributed by atoms with Crippen LogP contribution in [-0.4, -0.2) is 35.4 Å². The molecule has 0 bridgehead atoms. The zero-order chi connectivity index (χ0) is 12.9. The van der Waals surface area contributed by atoms with Gasteiger partial charge in [0.2, 0.25) is 0 Å². The standard InChI is InChI=1S/C12H22O5/c13-9-6-10-17-12(16)8-5-3-1-2-4-7-11(14)15/h13H,1-10H2,(H,14,15). The van der Waals surface area contributed by atoms with Gasteiger partial charge in [-0.25, -0.2) is 0 Å². The normalized spacial score (nSPS) is 10.2. The molecule has 0 saturated carbocycles. The zero-order valence-electron chi connectivity index (χ0n) is 10.2. The third-order valence-corrected chi connectivity index (χ3v) is 2.34. The number of hydrogen-bond donors (Lipinski definition) is 2. The van der Waals surface area contributed by atoms with Gasteiger partial charge < -0.3 is 14.9 Å². The molecule has 100 valence electrons. The summed E-state index contributed by atoms with van der Waals surface area (Å²) in [6.45, 7) is 0.324. The van der Waals surface area contributed by atoms with Crippen LogP contribution in [0.5, 0.6) is 0 Å². The molecule has 0 aromatic rings. The van der Waals surface area contributed by atoms with Crippen LogP contribution in [0.15, 0.2) is 0 Å². The molecule has 0 aliphatic heterocycles. The van der Waals surface area contributed by atoms with Crippen LogP contribution in [0.1, 0.15) is 51.4 Å². The number of unbranched alkanes of at least 4 members (excludes halogenated alkanes) is 4. The monoisotopic (exact) mass is 246 g/mol. The smallest absolute Gasteiger partial charge is 0.305 e. The second-order valence-electron chi connectivity index (χ2n) is 3.96. The number of carboxylic acids is 1. The van der Waals surface area contributed by atoms with Crippen molar-refractivity contribution in [1.29, 1.82) is 0 Å². The maximum atomic E-state index is 11.1. The molecule has 5 nitrogen and oxygen atoms in total. The summed E-state index contributed by atoms with van der Waals surface area (Å²) in [5.41, 5.74) is 0. The molecule has 17 heavy (non-hydrogen) atoms. The Kier molecular flexibility index (Phi) is 10.7. The van der Waals surface area contributed by atoms with Crippen molar-refractivity contribution < 1.29 is 24.5 Å². The minimum Gasteiger partial charge on any atom is -0.481 e. The molecule has 0 radical (unpaired) electrons. The first-order valence-electron chi connectivity index (χ1n) is 6.15. The third-order valence-electron chi connectivity index (χ3n) is 2.34. The molecule has 0 heterocycles. The second kappa shape index (κ2) is 11.4. The average molecular weight is 246 g/mol. The highest BCUT2D eigenvalue weighted by atomic mass is 16.5. The Morgan fingerprint density at radius 1 is 0.882 bits per heavy atom. The van der Waals surface area contributed by atoms with Crippen LogP contribution in [0.3, 0.4) is 0 Å². The van der Waals surface area contributed by atoms with Crippen molar-refractivity contribution in [3.05, 3.63) is 0 Å². The number of carbonyl (C=O) groups excluding carboxylic acids is 1. The van der Waals surface area contributed by atoms with E-state index in [0.717, 1.165) is 25.7 Å². The lowest BCUT2D eigenvalue weighted by Crippen LogP contribution is -2.06. The Morgan fingerprint density at radius 3 is 2.06 bits per heavy atom. The van der Waals surface area contributed by atoms with Gasteiger partial charge in [0.15, 0.2) is 0 Å². The fourth-order valence-electron chi connectivity index (χ4n) is 1.40. The number of hydrogen-bond acceptors (Lipinski definition) is 4. The van der Waals surface area contributed by atoms with E-state index < -0.39 is 5.97 Å². The first kappa shape index (κ1) is 15.9. The fourth-order valence-corrected chi connectivity index (χ4v) is 1.40. The number of carboxylic acid groups (broad SMARTS) is 1. The zero-order valence-corrected chi connectivity index (χ0v) is 10.2. The quantitative estimate of drug-likeness (QED) is 0.428. The SMILES string of the molecule is O=C(O)CCCCCCCC(=O)OCCCO. The molecule has 0 spiro atoms. The molecule has 0 fully saturated rings. The molecule has 0 atom stereocenters. The van der Waals surface area contributed by atoms with Crippen LogP contribution in [0.25, 0.3) is 0 Å². The van der Waals surface area contributed by atoms with E-state index in [1.165, 1.54) is 0 Å². The van der Waals surface area contributed by atoms with Crippen molar-refractivity contribution in [2.24, 2.45) is 0 Å². The number of rotatable bonds is 11. The summed E-state index contributed by atoms with van der Waals surface area (Å²) in [4.78, 5) is 21.3. The number of aliphatic carboxylic acids is 1. The van der Waals surface area contributed by atoms with Crippen molar-refractivity contribution in [1.82, 2.24) is 0 Å². The second-order valence-corrected chi connectivity index (χ2v) is 3.96. The molecule has 0 aromatic heterocycles. The number of aliphatic hydroxyl groups is 1. The van der Waals surface area contributed by atoms with Gasteiger partial charge in [0.25, 0.3) is 0 Å². The first-order chi connectivity index (χ1) is 8.16. The topological polar surface area (TPSA) is 83.8 Å². The van der Waals surface area contributed by atoms with E-state index in [0.29, 0.717) is 19.3 Å². The third kappa shape index (κ3) is 12.8. The van der Waals surface area contributed by atoms with Crippen molar-refractivity contribution in [2.45, 2.75) is 51.4 Å². The Balaban J connectivity index is 3.16. The van der Waals surface area contributed by atoms with Crippen LogP contribution in [0.4, 0.5) is 0 Å². The average Bonchev–Trinajstić information content (AvgIpc) is 2.28. The van der Waals surface area contributed by atoms with Gasteiger partial charge in [-0.15, -0.1) is 0 Å². The van der Waals surface area contributed by atoms with Crippen molar-refractivity contribution >= 4 is 11.9 Å². The Hall–Kier alpha value is -1.10. The number of esters is 1. The number of carbonyl (C=O) groups is 2. The van der Waals surface area contributed by atoms with Gasteiger partial charge >= 0.3 is 11.9 Å². The highest BCUT2D eigenvalue weighted by Crippen LogP contribution is 2.07. The minimum atomic E-state index is -0.752. The van der Waals surface area contributed by atoms with Crippen molar-refractivity contribution in [3.63, 3.8) is 0 Å². The summed E-state index contributed by atoms with van der Waals surface area (Å²) in [7, 11) is 0. The number of aliphatic hydroxyl groups excluding tert-OH is 1. The highest BCUT2D eigenvalue weighted by molar-refractivity contribution is 5.69. The summed E-state index contributed by atoms with van der Waals surface area (Å²) >= 11 is 0. The summed E-state index contributed by atoms with van der Waals surface area (Å²) in [6, 6.07) is 0. The lowest BCUT2D eigenvalue weighted by Gasteiger charge is -2.03. The molecule has 0 rings (SSSR count). The molecule has 0 amide bonds. The van der Waals surface area contributed by atoms with E-state index >= 15 is 0 Å². The summed E-state index contributed by atoms with van der Waals surface area (Å²) in [6.07, 6.45) is 5.38. The maximum absolute atomic E-state index is 11.1. The van der Waals surface area contributed by atoms with E-state index in [4.69, 9.17) is 14.9 Å². The van der Waals surface area contributed by atoms with E-state index in [1.54, 1.807) is 0 Å². The number of ether oxygens (including phenoxy) is 1. The van der Waals surface area contributed by atoms with Gasteiger partial charge in [-0.05, 0) is 12.8 Å². The minimum absolute atomic E-state index is 0.0385. The summed E-state index contributed by atoms with van der Waals surface area (Å²) < 4.78 is 4.86. The summed E-state index contributed by atoms with van der Waals surface area (Å²) in [5.74, 6) is -0.971. The molecular formula is C12H22O5. The molecular weight excluding hydrogens is 224 g/mol. The van der Waals surface area contributed by atoms with Crippen LogP contribution in [-0.2, 0) is 14.3 Å². The molecule has 0 saturated heterocycles. The Bertz CT molecular complexity index is 215. The van der Waals surface area contributed by atoms with E-state index in [2.05, 4.69) is 0 Å². The van der Waals surface area contributed by atoms with E-state index in [-0.39, 0.29) is 25.6 Å². The maximum Gasteiger partial charge on any atom is 0.305 e. The van der Waals surface area contributed by atoms with Crippen molar-refractivity contribution in [2.75, 3.05) is 13.2 Å². The molecule has 0 unspecified atom stereocenters. The Labute approximate surface area is 102 Å². The van der Waals surface area contributed by atoms with E-state index in [1.807, 2.05) is 0 Å². The molecule has 5 heteroatoms. The molecule has 0 aliphatic rings. The van der Waals surface area contributed by atoms with Gasteiger partial charge in [0.1, 0.15) is 0 Å². The molecule has 2 N–H and O–H groups in total. The summed E-state index contributed by atoms with van der Waals surface area (Å²) in [5, 5.41) is 16.9. The van der Waals surface area contributed by atoms with Crippen LogP contribution >= 0.6 is 0 Å². The van der Waals surface area contributed by atoms with Gasteiger partial charge in [0, 0.05) is 25.9 Å². The van der Waals surface area contributed by atoms with Crippen LogP contribution in [0.2, 0.25) is 0 Å². The predicted octanol–water partition coefficient (Wildman–Crippen LogP) is 1.73. The Morgan fingerprint density at radius 2 is 1.47 bits per heavy atom. The van der Waals surface area contributed by atoms with Crippen LogP contribution in [0, 0.1) is 0 Å². The van der Waals surface area contributed by atoms with Crippen molar-refractivity contribution in [3.8, 4) is 0 Å². The van der Waals surface area contributed by atoms with Gasteiger partial charge in [-0.1, -0.05) is 19.3 Å². The van der Waals surface area contributed by atoms with Crippen LogP contribution < -0.4 is 0 Å². The first-order valence-corrected chi connectivity index (χ1v) is 6.15. The molecule has 0 aromatic carbocycles. The largest absolute Gasteiger partial charge is 0.481 e. The van der Waals surface area contributed by atoms with Gasteiger partial charge in [0.05, 0.1) is 6.61 Å². The van der Waals surface area contributed by atoms with E-state index in [9.17, 15) is 9.59 Å². The molecule has 0 aliphatic carbocycles. The van der Waals surface area contributed by atoms with Gasteiger partial charge in [-0.3, -0.25) is 9.59 Å². The highest BCUT2D eigenvalue weighted by Gasteiger charge is 2.02. The lowest BCUT2D eigenvalue weighted by atomic mass is 10.1. The van der Waals surface area contributed by atoms with Gasteiger partial charge in [-0.2, -0.15) is 0 Å². The lowest BCUT2D eigenvalue weighted by molar-refractivity contribution is -0.144. The predicted molar refractivity (Wildman–Crippen MR) is 62.6 cm³/mol.